The number of carbonyl (C=O) groups is 1. The zero-order valence-electron chi connectivity index (χ0n) is 25.8. The molecule has 46 heavy (non-hydrogen) atoms. The van der Waals surface area contributed by atoms with E-state index in [9.17, 15) is 18.0 Å². The smallest absolute Gasteiger partial charge is 0.416 e. The molecule has 0 bridgehead atoms. The molecule has 1 aliphatic rings. The van der Waals surface area contributed by atoms with E-state index < -0.39 is 23.6 Å². The summed E-state index contributed by atoms with van der Waals surface area (Å²) >= 11 is 3.16. The van der Waals surface area contributed by atoms with E-state index in [4.69, 9.17) is 19.6 Å². The van der Waals surface area contributed by atoms with E-state index in [0.717, 1.165) is 70.8 Å². The highest BCUT2D eigenvalue weighted by atomic mass is 32.2. The zero-order valence-corrected chi connectivity index (χ0v) is 27.5. The van der Waals surface area contributed by atoms with E-state index in [1.54, 1.807) is 25.8 Å². The van der Waals surface area contributed by atoms with Crippen LogP contribution in [-0.2, 0) is 23.3 Å². The first-order chi connectivity index (χ1) is 22.0. The van der Waals surface area contributed by atoms with Crippen LogP contribution >= 0.6 is 23.1 Å². The second-order valence-corrected chi connectivity index (χ2v) is 13.3. The summed E-state index contributed by atoms with van der Waals surface area (Å²) in [6.07, 6.45) is -4.39. The number of methoxy groups -OCH3 is 1. The predicted octanol–water partition coefficient (Wildman–Crippen LogP) is 7.86. The average Bonchev–Trinajstić information content (AvgIpc) is 3.45. The molecule has 1 aliphatic heterocycles. The first kappa shape index (κ1) is 33.6. The molecular weight excluding hydrogens is 636 g/mol. The van der Waals surface area contributed by atoms with Gasteiger partial charge in [0.05, 0.1) is 24.3 Å². The summed E-state index contributed by atoms with van der Waals surface area (Å²) in [6, 6.07) is 19.1. The fourth-order valence-electron chi connectivity index (χ4n) is 5.04. The lowest BCUT2D eigenvalue weighted by Gasteiger charge is -2.36. The maximum absolute atomic E-state index is 13.2. The SMILES string of the molecule is COc1cccc(N2CCN(Cc3nc(-c4ccc(C(F)(F)F)cc4)sc3CSc3ccc(OCC(C)C(=O)O)c(C)c3)CC2)c1. The number of alkyl halides is 3. The Balaban J connectivity index is 1.30. The van der Waals surface area contributed by atoms with Crippen LogP contribution < -0.4 is 14.4 Å². The molecule has 1 N–H and O–H groups in total. The van der Waals surface area contributed by atoms with E-state index >= 15 is 0 Å². The fourth-order valence-corrected chi connectivity index (χ4v) is 7.21. The topological polar surface area (TPSA) is 75.1 Å². The van der Waals surface area contributed by atoms with E-state index in [1.165, 1.54) is 23.5 Å². The number of rotatable bonds is 12. The van der Waals surface area contributed by atoms with Gasteiger partial charge in [-0.15, -0.1) is 23.1 Å². The van der Waals surface area contributed by atoms with Crippen molar-refractivity contribution in [2.45, 2.75) is 37.2 Å². The maximum Gasteiger partial charge on any atom is 0.416 e. The number of carboxylic acid groups (broad SMARTS) is 1. The van der Waals surface area contributed by atoms with Gasteiger partial charge in [-0.05, 0) is 61.9 Å². The Morgan fingerprint density at radius 2 is 1.80 bits per heavy atom. The summed E-state index contributed by atoms with van der Waals surface area (Å²) in [5.41, 5.74) is 2.94. The number of carboxylic acids is 1. The number of thioether (sulfide) groups is 1. The normalized spacial score (nSPS) is 14.7. The van der Waals surface area contributed by atoms with Crippen LogP contribution in [0.3, 0.4) is 0 Å². The highest BCUT2D eigenvalue weighted by molar-refractivity contribution is 7.98. The minimum Gasteiger partial charge on any atom is -0.497 e. The van der Waals surface area contributed by atoms with Crippen molar-refractivity contribution >= 4 is 34.8 Å². The Kier molecular flexibility index (Phi) is 10.8. The number of aliphatic carboxylic acids is 1. The highest BCUT2D eigenvalue weighted by Crippen LogP contribution is 2.37. The third kappa shape index (κ3) is 8.54. The van der Waals surface area contributed by atoms with Crippen molar-refractivity contribution in [3.63, 3.8) is 0 Å². The van der Waals surface area contributed by atoms with Crippen molar-refractivity contribution in [1.29, 1.82) is 0 Å². The number of halogens is 3. The van der Waals surface area contributed by atoms with Gasteiger partial charge in [0.1, 0.15) is 23.1 Å². The minimum absolute atomic E-state index is 0.0907. The highest BCUT2D eigenvalue weighted by Gasteiger charge is 2.30. The van der Waals surface area contributed by atoms with Gasteiger partial charge in [0.2, 0.25) is 0 Å². The van der Waals surface area contributed by atoms with Crippen LogP contribution in [0.25, 0.3) is 10.6 Å². The Morgan fingerprint density at radius 3 is 2.46 bits per heavy atom. The molecule has 1 atom stereocenters. The van der Waals surface area contributed by atoms with Crippen LogP contribution in [0.15, 0.2) is 71.6 Å². The molecule has 12 heteroatoms. The number of aromatic nitrogens is 1. The molecule has 1 aromatic heterocycles. The number of thiazole rings is 1. The largest absolute Gasteiger partial charge is 0.497 e. The molecule has 0 spiro atoms. The number of piperazine rings is 1. The second kappa shape index (κ2) is 14.8. The number of anilines is 1. The van der Waals surface area contributed by atoms with E-state index in [1.807, 2.05) is 43.3 Å². The summed E-state index contributed by atoms with van der Waals surface area (Å²) in [7, 11) is 1.66. The van der Waals surface area contributed by atoms with Crippen LogP contribution in [0.5, 0.6) is 11.5 Å². The molecule has 3 aromatic carbocycles. The van der Waals surface area contributed by atoms with Crippen molar-refractivity contribution in [3.8, 4) is 22.1 Å². The van der Waals surface area contributed by atoms with Gasteiger partial charge in [-0.1, -0.05) is 18.2 Å². The molecular formula is C34H36F3N3O4S2. The summed E-state index contributed by atoms with van der Waals surface area (Å²) < 4.78 is 50.7. The number of aryl methyl sites for hydroxylation is 1. The summed E-state index contributed by atoms with van der Waals surface area (Å²) in [6.45, 7) is 7.67. The Labute approximate surface area is 275 Å². The van der Waals surface area contributed by atoms with Gasteiger partial charge in [0, 0.05) is 65.6 Å². The standard InChI is InChI=1S/C34H36F3N3O4S2/c1-22-17-28(11-12-30(22)44-20-23(2)33(41)42)45-21-31-29(38-32(46-31)24-7-9-25(10-8-24)34(35,36)37)19-39-13-15-40(16-14-39)26-5-4-6-27(18-26)43-3/h4-12,17-18,23H,13-16,19-21H2,1-3H3,(H,41,42). The Hall–Kier alpha value is -3.74. The fraction of sp³-hybridized carbons (Fsp3) is 0.353. The van der Waals surface area contributed by atoms with Crippen molar-refractivity contribution in [3.05, 3.63) is 88.4 Å². The molecule has 1 fully saturated rings. The lowest BCUT2D eigenvalue weighted by atomic mass is 10.1. The summed E-state index contributed by atoms with van der Waals surface area (Å²) in [5, 5.41) is 9.83. The number of nitrogens with zero attached hydrogens (tertiary/aromatic N) is 3. The van der Waals surface area contributed by atoms with E-state index in [2.05, 4.69) is 15.9 Å². The van der Waals surface area contributed by atoms with Gasteiger partial charge in [0.15, 0.2) is 0 Å². The van der Waals surface area contributed by atoms with E-state index in [-0.39, 0.29) is 6.61 Å². The first-order valence-electron chi connectivity index (χ1n) is 14.9. The van der Waals surface area contributed by atoms with Crippen LogP contribution in [0.1, 0.15) is 28.6 Å². The Bertz CT molecular complexity index is 1640. The van der Waals surface area contributed by atoms with Crippen LogP contribution in [0, 0.1) is 12.8 Å². The van der Waals surface area contributed by atoms with E-state index in [0.29, 0.717) is 28.6 Å². The molecule has 1 saturated heterocycles. The maximum atomic E-state index is 13.2. The second-order valence-electron chi connectivity index (χ2n) is 11.2. The molecule has 0 aliphatic carbocycles. The number of hydrogen-bond acceptors (Lipinski definition) is 8. The first-order valence-corrected chi connectivity index (χ1v) is 16.7. The summed E-state index contributed by atoms with van der Waals surface area (Å²) in [4.78, 5) is 22.9. The molecule has 0 amide bonds. The molecule has 0 radical (unpaired) electrons. The number of ether oxygens (including phenoxy) is 2. The zero-order chi connectivity index (χ0) is 32.8. The monoisotopic (exact) mass is 671 g/mol. The number of benzene rings is 3. The van der Waals surface area contributed by atoms with Gasteiger partial charge in [-0.2, -0.15) is 13.2 Å². The lowest BCUT2D eigenvalue weighted by Crippen LogP contribution is -2.46. The van der Waals surface area contributed by atoms with Crippen molar-refractivity contribution < 1.29 is 32.5 Å². The molecule has 7 nitrogen and oxygen atoms in total. The third-order valence-electron chi connectivity index (χ3n) is 7.83. The minimum atomic E-state index is -4.39. The third-order valence-corrected chi connectivity index (χ3v) is 10.2. The molecule has 4 aromatic rings. The van der Waals surface area contributed by atoms with Crippen molar-refractivity contribution in [2.24, 2.45) is 5.92 Å². The Morgan fingerprint density at radius 1 is 1.07 bits per heavy atom. The van der Waals surface area contributed by atoms with Crippen LogP contribution in [0.4, 0.5) is 18.9 Å². The van der Waals surface area contributed by atoms with Crippen LogP contribution in [0.2, 0.25) is 0 Å². The van der Waals surface area contributed by atoms with Gasteiger partial charge in [0.25, 0.3) is 0 Å². The van der Waals surface area contributed by atoms with Crippen molar-refractivity contribution in [2.75, 3.05) is 44.8 Å². The van der Waals surface area contributed by atoms with Gasteiger partial charge in [-0.25, -0.2) is 4.98 Å². The van der Waals surface area contributed by atoms with Crippen molar-refractivity contribution in [1.82, 2.24) is 9.88 Å². The molecule has 1 unspecified atom stereocenters. The lowest BCUT2D eigenvalue weighted by molar-refractivity contribution is -0.142. The number of hydrogen-bond donors (Lipinski definition) is 1. The molecule has 0 saturated carbocycles. The van der Waals surface area contributed by atoms with Gasteiger partial charge in [-0.3, -0.25) is 9.69 Å². The predicted molar refractivity (Wildman–Crippen MR) is 176 cm³/mol. The summed E-state index contributed by atoms with van der Waals surface area (Å²) in [5.74, 6) is 0.605. The van der Waals surface area contributed by atoms with Gasteiger partial charge < -0.3 is 19.5 Å². The molecule has 5 rings (SSSR count). The quantitative estimate of drug-likeness (QED) is 0.153. The molecule has 2 heterocycles. The molecule has 244 valence electrons. The average molecular weight is 672 g/mol. The van der Waals surface area contributed by atoms with Gasteiger partial charge >= 0.3 is 12.1 Å². The van der Waals surface area contributed by atoms with Crippen LogP contribution in [-0.4, -0.2) is 60.9 Å².